The Labute approximate surface area is 458 Å². The number of hydrogen-bond acceptors (Lipinski definition) is 10. The lowest BCUT2D eigenvalue weighted by molar-refractivity contribution is -0.305. The molecule has 0 bridgehead atoms. The van der Waals surface area contributed by atoms with Crippen LogP contribution in [0.15, 0.2) is 72.9 Å². The summed E-state index contributed by atoms with van der Waals surface area (Å²) >= 11 is 0. The summed E-state index contributed by atoms with van der Waals surface area (Å²) in [5.41, 5.74) is 0. The number of esters is 1. The number of amides is 1. The number of aliphatic hydroxyl groups is 5. The maximum atomic E-state index is 13.4. The van der Waals surface area contributed by atoms with Gasteiger partial charge in [0.15, 0.2) is 12.4 Å². The zero-order chi connectivity index (χ0) is 54.7. The predicted molar refractivity (Wildman–Crippen MR) is 310 cm³/mol. The number of allylic oxidation sites excluding steroid dienone is 11. The number of ether oxygens (including phenoxy) is 3. The lowest BCUT2D eigenvalue weighted by Gasteiger charge is -2.41. The minimum absolute atomic E-state index is 0.0998. The Morgan fingerprint density at radius 2 is 0.960 bits per heavy atom. The van der Waals surface area contributed by atoms with Crippen molar-refractivity contribution in [3.63, 3.8) is 0 Å². The minimum Gasteiger partial charge on any atom is -0.454 e. The van der Waals surface area contributed by atoms with Gasteiger partial charge in [-0.15, -0.1) is 0 Å². The van der Waals surface area contributed by atoms with Crippen LogP contribution in [0, 0.1) is 0 Å². The van der Waals surface area contributed by atoms with Crippen LogP contribution in [0.1, 0.15) is 258 Å². The molecular formula is C64H113NO10. The van der Waals surface area contributed by atoms with Crippen LogP contribution >= 0.6 is 0 Å². The summed E-state index contributed by atoms with van der Waals surface area (Å²) in [6.45, 7) is 5.66. The molecule has 1 fully saturated rings. The van der Waals surface area contributed by atoms with Crippen molar-refractivity contribution in [2.75, 3.05) is 13.2 Å². The van der Waals surface area contributed by atoms with E-state index in [0.29, 0.717) is 19.3 Å². The summed E-state index contributed by atoms with van der Waals surface area (Å²) < 4.78 is 17.6. The van der Waals surface area contributed by atoms with Gasteiger partial charge in [0, 0.05) is 6.42 Å². The van der Waals surface area contributed by atoms with Crippen LogP contribution in [0.5, 0.6) is 0 Å². The van der Waals surface area contributed by atoms with Crippen LogP contribution in [0.4, 0.5) is 0 Å². The molecule has 0 radical (unpaired) electrons. The highest BCUT2D eigenvalue weighted by Crippen LogP contribution is 2.26. The SMILES string of the molecule is CC/C=C\C/C=C\C/C=C\C/C=C\C/C=C\CCCCCCCC(=O)OC1C(OCC(NC(=O)C(O)CCCCCCCCCCCCCC)C(O)/C=C/CCCCCCCCCCCCC)OC(CO)C(O)C1O. The van der Waals surface area contributed by atoms with Gasteiger partial charge in [0.25, 0.3) is 0 Å². The fourth-order valence-electron chi connectivity index (χ4n) is 9.27. The third-order valence-electron chi connectivity index (χ3n) is 14.1. The smallest absolute Gasteiger partial charge is 0.306 e. The zero-order valence-electron chi connectivity index (χ0n) is 47.9. The third-order valence-corrected chi connectivity index (χ3v) is 14.1. The summed E-state index contributed by atoms with van der Waals surface area (Å²) in [7, 11) is 0. The third kappa shape index (κ3) is 40.0. The van der Waals surface area contributed by atoms with Crippen LogP contribution in [-0.4, -0.2) is 99.6 Å². The first-order chi connectivity index (χ1) is 36.7. The number of rotatable bonds is 51. The predicted octanol–water partition coefficient (Wildman–Crippen LogP) is 14.4. The highest BCUT2D eigenvalue weighted by atomic mass is 16.7. The average Bonchev–Trinajstić information content (AvgIpc) is 3.41. The van der Waals surface area contributed by atoms with Gasteiger partial charge in [-0.2, -0.15) is 0 Å². The second-order valence-electron chi connectivity index (χ2n) is 21.1. The molecule has 434 valence electrons. The first kappa shape index (κ1) is 70.1. The maximum absolute atomic E-state index is 13.4. The fourth-order valence-corrected chi connectivity index (χ4v) is 9.27. The molecule has 8 atom stereocenters. The molecule has 11 heteroatoms. The Kier molecular flexibility index (Phi) is 48.5. The second-order valence-corrected chi connectivity index (χ2v) is 21.1. The van der Waals surface area contributed by atoms with E-state index in [2.05, 4.69) is 86.8 Å². The average molecular weight is 1060 g/mol. The molecule has 11 nitrogen and oxygen atoms in total. The standard InChI is InChI=1S/C64H113NO10/c1-4-7-10-13-16-19-22-25-26-27-28-29-30-31-32-34-37-40-43-46-49-52-59(69)75-62-61(71)60(70)58(53-66)74-64(62)73-54-55(56(67)50-47-44-41-38-36-33-23-20-17-14-11-8-5-2)65-63(72)57(68)51-48-45-42-39-35-24-21-18-15-12-9-6-3/h7,10,16,19,25-26,28-29,31-32,47,50,55-58,60-62,64,66-68,70-71H,4-6,8-9,11-15,17-18,20-24,27,30,33-46,48-49,51-54H2,1-3H3,(H,65,72)/b10-7-,19-16-,26-25-,29-28-,32-31-,50-47+. The van der Waals surface area contributed by atoms with Crippen LogP contribution in [0.25, 0.3) is 0 Å². The number of carbonyl (C=O) groups excluding carboxylic acids is 2. The summed E-state index contributed by atoms with van der Waals surface area (Å²) in [6.07, 6.45) is 55.1. The van der Waals surface area contributed by atoms with Crippen LogP contribution < -0.4 is 5.32 Å². The van der Waals surface area contributed by atoms with E-state index in [1.165, 1.54) is 109 Å². The van der Waals surface area contributed by atoms with Crippen molar-refractivity contribution in [2.24, 2.45) is 0 Å². The van der Waals surface area contributed by atoms with E-state index in [0.717, 1.165) is 103 Å². The molecule has 1 aliphatic heterocycles. The maximum Gasteiger partial charge on any atom is 0.306 e. The molecule has 8 unspecified atom stereocenters. The lowest BCUT2D eigenvalue weighted by Crippen LogP contribution is -2.61. The highest BCUT2D eigenvalue weighted by molar-refractivity contribution is 5.80. The molecule has 0 spiro atoms. The second kappa shape index (κ2) is 51.8. The van der Waals surface area contributed by atoms with Crippen molar-refractivity contribution in [3.05, 3.63) is 72.9 Å². The van der Waals surface area contributed by atoms with Crippen LogP contribution in [-0.2, 0) is 23.8 Å². The summed E-state index contributed by atoms with van der Waals surface area (Å²) in [5, 5.41) is 56.9. The van der Waals surface area contributed by atoms with E-state index in [4.69, 9.17) is 14.2 Å². The van der Waals surface area contributed by atoms with Crippen molar-refractivity contribution in [3.8, 4) is 0 Å². The van der Waals surface area contributed by atoms with Crippen molar-refractivity contribution in [2.45, 2.75) is 307 Å². The van der Waals surface area contributed by atoms with Gasteiger partial charge in [-0.25, -0.2) is 0 Å². The van der Waals surface area contributed by atoms with Crippen LogP contribution in [0.2, 0.25) is 0 Å². The topological polar surface area (TPSA) is 175 Å². The lowest BCUT2D eigenvalue weighted by atomic mass is 9.99. The van der Waals surface area contributed by atoms with Gasteiger partial charge < -0.3 is 45.1 Å². The number of unbranched alkanes of at least 4 members (excludes halogenated alkanes) is 27. The molecule has 0 aromatic carbocycles. The number of carbonyl (C=O) groups is 2. The number of hydrogen-bond donors (Lipinski definition) is 6. The minimum atomic E-state index is -1.62. The molecule has 1 amide bonds. The number of nitrogens with one attached hydrogen (secondary N) is 1. The Bertz CT molecular complexity index is 1490. The molecule has 1 rings (SSSR count). The van der Waals surface area contributed by atoms with Gasteiger partial charge >= 0.3 is 5.97 Å². The summed E-state index contributed by atoms with van der Waals surface area (Å²) in [5.74, 6) is -1.21. The quantitative estimate of drug-likeness (QED) is 0.0195. The number of aliphatic hydroxyl groups excluding tert-OH is 5. The molecule has 1 saturated heterocycles. The molecule has 1 heterocycles. The Morgan fingerprint density at radius 1 is 0.533 bits per heavy atom. The molecule has 0 aromatic rings. The Hall–Kier alpha value is -2.90. The molecule has 0 aromatic heterocycles. The molecule has 75 heavy (non-hydrogen) atoms. The monoisotopic (exact) mass is 1060 g/mol. The van der Waals surface area contributed by atoms with E-state index in [1.807, 2.05) is 6.08 Å². The van der Waals surface area contributed by atoms with Crippen molar-refractivity contribution in [1.29, 1.82) is 0 Å². The zero-order valence-corrected chi connectivity index (χ0v) is 47.9. The largest absolute Gasteiger partial charge is 0.454 e. The van der Waals surface area contributed by atoms with E-state index in [9.17, 15) is 35.1 Å². The van der Waals surface area contributed by atoms with E-state index >= 15 is 0 Å². The molecule has 6 N–H and O–H groups in total. The normalized spacial score (nSPS) is 19.7. The van der Waals surface area contributed by atoms with Crippen molar-refractivity contribution < 1.29 is 49.3 Å². The molecule has 1 aliphatic rings. The van der Waals surface area contributed by atoms with Crippen molar-refractivity contribution in [1.82, 2.24) is 5.32 Å². The van der Waals surface area contributed by atoms with Crippen molar-refractivity contribution >= 4 is 11.9 Å². The molecule has 0 aliphatic carbocycles. The van der Waals surface area contributed by atoms with Gasteiger partial charge in [-0.05, 0) is 70.6 Å². The fraction of sp³-hybridized carbons (Fsp3) is 0.781. The van der Waals surface area contributed by atoms with Gasteiger partial charge in [-0.3, -0.25) is 9.59 Å². The van der Waals surface area contributed by atoms with Gasteiger partial charge in [0.2, 0.25) is 5.91 Å². The Balaban J connectivity index is 2.69. The highest BCUT2D eigenvalue weighted by Gasteiger charge is 2.47. The first-order valence-electron chi connectivity index (χ1n) is 30.7. The molecular weight excluding hydrogens is 943 g/mol. The summed E-state index contributed by atoms with van der Waals surface area (Å²) in [6, 6.07) is -1.03. The van der Waals surface area contributed by atoms with E-state index in [-0.39, 0.29) is 13.0 Å². The van der Waals surface area contributed by atoms with E-state index < -0.39 is 67.4 Å². The van der Waals surface area contributed by atoms with Gasteiger partial charge in [0.1, 0.15) is 24.4 Å². The first-order valence-corrected chi connectivity index (χ1v) is 30.7. The summed E-state index contributed by atoms with van der Waals surface area (Å²) in [4.78, 5) is 26.5. The molecule has 0 saturated carbocycles. The van der Waals surface area contributed by atoms with Gasteiger partial charge in [0.05, 0.1) is 25.4 Å². The Morgan fingerprint density at radius 3 is 1.44 bits per heavy atom. The van der Waals surface area contributed by atoms with E-state index in [1.54, 1.807) is 6.08 Å². The van der Waals surface area contributed by atoms with Crippen LogP contribution in [0.3, 0.4) is 0 Å². The van der Waals surface area contributed by atoms with Gasteiger partial charge in [-0.1, -0.05) is 254 Å².